The van der Waals surface area contributed by atoms with Gasteiger partial charge >= 0.3 is 0 Å². The van der Waals surface area contributed by atoms with Gasteiger partial charge in [0.2, 0.25) is 0 Å². The molecule has 0 spiro atoms. The van der Waals surface area contributed by atoms with Gasteiger partial charge in [0.15, 0.2) is 0 Å². The molecule has 1 fully saturated rings. The summed E-state index contributed by atoms with van der Waals surface area (Å²) in [6, 6.07) is 0.302. The molecule has 0 aromatic carbocycles. The third-order valence-electron chi connectivity index (χ3n) is 2.64. The van der Waals surface area contributed by atoms with E-state index >= 15 is 0 Å². The van der Waals surface area contributed by atoms with E-state index in [9.17, 15) is 0 Å². The van der Waals surface area contributed by atoms with Gasteiger partial charge in [0.1, 0.15) is 17.6 Å². The zero-order valence-electron chi connectivity index (χ0n) is 10.8. The molecular formula is C14H23NO2. The molecule has 1 aliphatic carbocycles. The van der Waals surface area contributed by atoms with Gasteiger partial charge in [-0.15, -0.1) is 0 Å². The highest BCUT2D eigenvalue weighted by atomic mass is 16.5. The van der Waals surface area contributed by atoms with Gasteiger partial charge in [0, 0.05) is 6.04 Å². The largest absolute Gasteiger partial charge is 0.494 e. The molecule has 0 aromatic heterocycles. The van der Waals surface area contributed by atoms with E-state index in [4.69, 9.17) is 15.2 Å². The van der Waals surface area contributed by atoms with Gasteiger partial charge < -0.3 is 15.2 Å². The normalized spacial score (nSPS) is 24.5. The number of ether oxygens (including phenoxy) is 2. The molecule has 17 heavy (non-hydrogen) atoms. The first-order chi connectivity index (χ1) is 8.15. The molecule has 3 heteroatoms. The van der Waals surface area contributed by atoms with Crippen molar-refractivity contribution in [2.75, 3.05) is 6.61 Å². The van der Waals surface area contributed by atoms with E-state index in [2.05, 4.69) is 13.5 Å². The number of allylic oxidation sites excluding steroid dienone is 3. The first kappa shape index (κ1) is 13.8. The van der Waals surface area contributed by atoms with Crippen LogP contribution in [-0.2, 0) is 9.47 Å². The lowest BCUT2D eigenvalue weighted by molar-refractivity contribution is 0.0453. The van der Waals surface area contributed by atoms with Crippen molar-refractivity contribution < 1.29 is 9.47 Å². The maximum absolute atomic E-state index is 5.69. The van der Waals surface area contributed by atoms with Crippen LogP contribution >= 0.6 is 0 Å². The van der Waals surface area contributed by atoms with Crippen LogP contribution in [0.4, 0.5) is 0 Å². The average Bonchev–Trinajstić information content (AvgIpc) is 2.27. The van der Waals surface area contributed by atoms with Crippen LogP contribution < -0.4 is 5.73 Å². The van der Waals surface area contributed by atoms with E-state index in [1.165, 1.54) is 0 Å². The average molecular weight is 237 g/mol. The molecule has 3 nitrogen and oxygen atoms in total. The smallest absolute Gasteiger partial charge is 0.115 e. The lowest BCUT2D eigenvalue weighted by Crippen LogP contribution is -2.41. The maximum Gasteiger partial charge on any atom is 0.115 e. The Kier molecular flexibility index (Phi) is 5.84. The molecule has 0 bridgehead atoms. The quantitative estimate of drug-likeness (QED) is 0.547. The van der Waals surface area contributed by atoms with Crippen molar-refractivity contribution in [2.24, 2.45) is 5.73 Å². The third kappa shape index (κ3) is 5.09. The molecule has 1 saturated carbocycles. The molecule has 1 aliphatic rings. The Hall–Kier alpha value is -1.22. The van der Waals surface area contributed by atoms with Gasteiger partial charge in [-0.05, 0) is 44.4 Å². The first-order valence-corrected chi connectivity index (χ1v) is 6.24. The van der Waals surface area contributed by atoms with Crippen LogP contribution in [0.5, 0.6) is 0 Å². The highest BCUT2D eigenvalue weighted by Crippen LogP contribution is 2.23. The molecule has 0 amide bonds. The summed E-state index contributed by atoms with van der Waals surface area (Å²) in [5, 5.41) is 0. The molecule has 0 heterocycles. The molecule has 0 atom stereocenters. The van der Waals surface area contributed by atoms with Crippen LogP contribution in [0.2, 0.25) is 0 Å². The van der Waals surface area contributed by atoms with Gasteiger partial charge in [-0.2, -0.15) is 0 Å². The molecule has 0 aliphatic heterocycles. The predicted octanol–water partition coefficient (Wildman–Crippen LogP) is 2.89. The van der Waals surface area contributed by atoms with Crippen LogP contribution in [0, 0.1) is 0 Å². The minimum Gasteiger partial charge on any atom is -0.494 e. The fourth-order valence-corrected chi connectivity index (χ4v) is 1.58. The first-order valence-electron chi connectivity index (χ1n) is 6.24. The molecular weight excluding hydrogens is 214 g/mol. The summed E-state index contributed by atoms with van der Waals surface area (Å²) in [4.78, 5) is 0. The van der Waals surface area contributed by atoms with Crippen molar-refractivity contribution in [2.45, 2.75) is 45.3 Å². The van der Waals surface area contributed by atoms with Gasteiger partial charge in [-0.25, -0.2) is 0 Å². The van der Waals surface area contributed by atoms with E-state index < -0.39 is 0 Å². The van der Waals surface area contributed by atoms with Crippen molar-refractivity contribution in [1.29, 1.82) is 0 Å². The van der Waals surface area contributed by atoms with E-state index in [1.54, 1.807) is 0 Å². The van der Waals surface area contributed by atoms with E-state index in [1.807, 2.05) is 25.2 Å². The molecule has 2 N–H and O–H groups in total. The Balaban J connectivity index is 2.28. The van der Waals surface area contributed by atoms with Crippen molar-refractivity contribution in [3.05, 3.63) is 36.3 Å². The van der Waals surface area contributed by atoms with Crippen molar-refractivity contribution >= 4 is 0 Å². The summed E-state index contributed by atoms with van der Waals surface area (Å²) in [7, 11) is 0. The lowest BCUT2D eigenvalue weighted by Gasteiger charge is -2.32. The summed E-state index contributed by atoms with van der Waals surface area (Å²) in [5.74, 6) is 1.52. The molecule has 96 valence electrons. The summed E-state index contributed by atoms with van der Waals surface area (Å²) in [5.41, 5.74) is 5.69. The summed E-state index contributed by atoms with van der Waals surface area (Å²) >= 11 is 0. The van der Waals surface area contributed by atoms with Gasteiger partial charge in [-0.1, -0.05) is 13.5 Å². The molecule has 0 unspecified atom stereocenters. The Labute approximate surface area is 104 Å². The second kappa shape index (κ2) is 7.17. The molecule has 0 radical (unpaired) electrons. The SMILES string of the molecule is C=C(/C=C\C(=C/C)OCCC)O[C@H]1C[C@@H](N)C1. The maximum atomic E-state index is 5.69. The molecule has 1 rings (SSSR count). The fourth-order valence-electron chi connectivity index (χ4n) is 1.58. The van der Waals surface area contributed by atoms with E-state index in [0.717, 1.165) is 31.6 Å². The molecule has 0 saturated heterocycles. The Morgan fingerprint density at radius 2 is 2.12 bits per heavy atom. The monoisotopic (exact) mass is 237 g/mol. The number of hydrogen-bond acceptors (Lipinski definition) is 3. The van der Waals surface area contributed by atoms with Crippen LogP contribution in [-0.4, -0.2) is 18.8 Å². The van der Waals surface area contributed by atoms with E-state index in [0.29, 0.717) is 11.8 Å². The minimum atomic E-state index is 0.243. The molecule has 0 aromatic rings. The Morgan fingerprint density at radius 1 is 1.41 bits per heavy atom. The van der Waals surface area contributed by atoms with Crippen molar-refractivity contribution in [3.63, 3.8) is 0 Å². The number of nitrogens with two attached hydrogens (primary N) is 1. The zero-order chi connectivity index (χ0) is 12.7. The van der Waals surface area contributed by atoms with Crippen molar-refractivity contribution in [3.8, 4) is 0 Å². The van der Waals surface area contributed by atoms with Gasteiger partial charge in [-0.3, -0.25) is 0 Å². The Bertz CT molecular complexity index is 301. The number of rotatable bonds is 7. The topological polar surface area (TPSA) is 44.5 Å². The highest BCUT2D eigenvalue weighted by molar-refractivity contribution is 5.19. The summed E-state index contributed by atoms with van der Waals surface area (Å²) in [6.07, 6.45) is 8.76. The van der Waals surface area contributed by atoms with Crippen LogP contribution in [0.1, 0.15) is 33.1 Å². The fraction of sp³-hybridized carbons (Fsp3) is 0.571. The van der Waals surface area contributed by atoms with Crippen LogP contribution in [0.3, 0.4) is 0 Å². The standard InChI is InChI=1S/C14H23NO2/c1-4-8-16-13(5-2)7-6-11(3)17-14-9-12(15)10-14/h5-7,12,14H,3-4,8-10,15H2,1-2H3/b7-6-,13-5+/t12-,14+. The van der Waals surface area contributed by atoms with Gasteiger partial charge in [0.25, 0.3) is 0 Å². The lowest BCUT2D eigenvalue weighted by atomic mass is 9.90. The van der Waals surface area contributed by atoms with Crippen LogP contribution in [0.15, 0.2) is 36.3 Å². The van der Waals surface area contributed by atoms with E-state index in [-0.39, 0.29) is 6.10 Å². The van der Waals surface area contributed by atoms with Crippen molar-refractivity contribution in [1.82, 2.24) is 0 Å². The number of hydrogen-bond donors (Lipinski definition) is 1. The highest BCUT2D eigenvalue weighted by Gasteiger charge is 2.27. The second-order valence-electron chi connectivity index (χ2n) is 4.31. The van der Waals surface area contributed by atoms with Crippen LogP contribution in [0.25, 0.3) is 0 Å². The Morgan fingerprint density at radius 3 is 2.65 bits per heavy atom. The predicted molar refractivity (Wildman–Crippen MR) is 70.4 cm³/mol. The minimum absolute atomic E-state index is 0.243. The third-order valence-corrected chi connectivity index (χ3v) is 2.64. The zero-order valence-corrected chi connectivity index (χ0v) is 10.8. The summed E-state index contributed by atoms with van der Waals surface area (Å²) in [6.45, 7) is 8.62. The second-order valence-corrected chi connectivity index (χ2v) is 4.31. The van der Waals surface area contributed by atoms with Gasteiger partial charge in [0.05, 0.1) is 6.61 Å². The summed E-state index contributed by atoms with van der Waals surface area (Å²) < 4.78 is 11.1.